The number of nitro groups is 1. The van der Waals surface area contributed by atoms with Gasteiger partial charge in [0.2, 0.25) is 5.70 Å². The topological polar surface area (TPSA) is 43.1 Å². The first-order valence-electron chi connectivity index (χ1n) is 6.59. The van der Waals surface area contributed by atoms with Crippen LogP contribution in [-0.2, 0) is 6.42 Å². The van der Waals surface area contributed by atoms with Crippen LogP contribution >= 0.6 is 27.3 Å². The molecular formula is C15H14BrNO2S. The third-order valence-corrected chi connectivity index (χ3v) is 5.42. The van der Waals surface area contributed by atoms with Gasteiger partial charge in [0.05, 0.1) is 4.92 Å². The van der Waals surface area contributed by atoms with Crippen LogP contribution in [0.5, 0.6) is 0 Å². The number of allylic oxidation sites excluding steroid dienone is 1. The van der Waals surface area contributed by atoms with Crippen molar-refractivity contribution in [1.82, 2.24) is 0 Å². The summed E-state index contributed by atoms with van der Waals surface area (Å²) in [5.74, 6) is 0.753. The van der Waals surface area contributed by atoms with Gasteiger partial charge >= 0.3 is 0 Å². The van der Waals surface area contributed by atoms with E-state index in [2.05, 4.69) is 22.0 Å². The number of thiophene rings is 1. The fraction of sp³-hybridized carbons (Fsp3) is 0.333. The molecule has 0 radical (unpaired) electrons. The summed E-state index contributed by atoms with van der Waals surface area (Å²) < 4.78 is 2.28. The predicted octanol–water partition coefficient (Wildman–Crippen LogP) is 5.25. The third-order valence-electron chi connectivity index (χ3n) is 3.61. The van der Waals surface area contributed by atoms with Crippen molar-refractivity contribution in [2.24, 2.45) is 5.92 Å². The molecule has 0 amide bonds. The average molecular weight is 352 g/mol. The first-order valence-corrected chi connectivity index (χ1v) is 8.20. The van der Waals surface area contributed by atoms with Crippen LogP contribution in [0, 0.1) is 16.0 Å². The zero-order valence-electron chi connectivity index (χ0n) is 11.1. The Morgan fingerprint density at radius 3 is 2.95 bits per heavy atom. The number of nitrogens with zero attached hydrogens (tertiary/aromatic N) is 1. The standard InChI is InChI=1S/C15H14BrNO2S/c1-9(17(18)19)7-14-11(8-10-5-6-10)15-12(16)3-2-4-13(15)20-14/h2-4,7,10H,5-6,8H2,1H3. The molecule has 0 aliphatic heterocycles. The van der Waals surface area contributed by atoms with Crippen molar-refractivity contribution in [3.05, 3.63) is 48.9 Å². The number of hydrogen-bond donors (Lipinski definition) is 0. The molecule has 1 aliphatic rings. The molecule has 20 heavy (non-hydrogen) atoms. The molecule has 0 N–H and O–H groups in total. The van der Waals surface area contributed by atoms with Crippen LogP contribution in [0.2, 0.25) is 0 Å². The van der Waals surface area contributed by atoms with E-state index in [1.165, 1.54) is 28.5 Å². The minimum Gasteiger partial charge on any atom is -0.259 e. The Labute approximate surface area is 129 Å². The highest BCUT2D eigenvalue weighted by atomic mass is 79.9. The number of hydrogen-bond acceptors (Lipinski definition) is 3. The molecular weight excluding hydrogens is 338 g/mol. The first-order chi connectivity index (χ1) is 9.56. The lowest BCUT2D eigenvalue weighted by molar-refractivity contribution is -0.422. The summed E-state index contributed by atoms with van der Waals surface area (Å²) >= 11 is 5.26. The van der Waals surface area contributed by atoms with E-state index in [4.69, 9.17) is 0 Å². The first kappa shape index (κ1) is 13.8. The second-order valence-electron chi connectivity index (χ2n) is 5.25. The van der Waals surface area contributed by atoms with Gasteiger partial charge in [-0.05, 0) is 42.9 Å². The maximum atomic E-state index is 10.9. The molecule has 0 atom stereocenters. The second-order valence-corrected chi connectivity index (χ2v) is 7.19. The highest BCUT2D eigenvalue weighted by Gasteiger charge is 2.25. The fourth-order valence-corrected chi connectivity index (χ4v) is 4.35. The van der Waals surface area contributed by atoms with Gasteiger partial charge < -0.3 is 0 Å². The minimum atomic E-state index is -0.319. The summed E-state index contributed by atoms with van der Waals surface area (Å²) in [5, 5.41) is 12.1. The molecule has 0 unspecified atom stereocenters. The summed E-state index contributed by atoms with van der Waals surface area (Å²) in [7, 11) is 0. The van der Waals surface area contributed by atoms with Crippen molar-refractivity contribution in [3.8, 4) is 0 Å². The molecule has 104 valence electrons. The Balaban J connectivity index is 2.17. The Morgan fingerprint density at radius 1 is 1.55 bits per heavy atom. The summed E-state index contributed by atoms with van der Waals surface area (Å²) in [5.41, 5.74) is 1.46. The monoisotopic (exact) mass is 351 g/mol. The normalized spacial score (nSPS) is 15.8. The van der Waals surface area contributed by atoms with Gasteiger partial charge in [-0.1, -0.05) is 22.0 Å². The van der Waals surface area contributed by atoms with E-state index in [-0.39, 0.29) is 10.6 Å². The molecule has 3 nitrogen and oxygen atoms in total. The van der Waals surface area contributed by atoms with Crippen molar-refractivity contribution >= 4 is 43.4 Å². The molecule has 2 aromatic rings. The van der Waals surface area contributed by atoms with E-state index >= 15 is 0 Å². The number of halogens is 1. The third kappa shape index (κ3) is 2.65. The van der Waals surface area contributed by atoms with Gasteiger partial charge in [0.15, 0.2) is 0 Å². The van der Waals surface area contributed by atoms with Crippen LogP contribution in [0.25, 0.3) is 16.2 Å². The maximum absolute atomic E-state index is 10.9. The molecule has 1 fully saturated rings. The molecule has 1 heterocycles. The number of fused-ring (bicyclic) bond motifs is 1. The average Bonchev–Trinajstić information content (AvgIpc) is 3.13. The van der Waals surface area contributed by atoms with Gasteiger partial charge in [-0.3, -0.25) is 10.1 Å². The van der Waals surface area contributed by atoms with Crippen molar-refractivity contribution in [1.29, 1.82) is 0 Å². The number of benzene rings is 1. The van der Waals surface area contributed by atoms with Crippen molar-refractivity contribution < 1.29 is 4.92 Å². The van der Waals surface area contributed by atoms with Crippen LogP contribution in [-0.4, -0.2) is 4.92 Å². The molecule has 1 aliphatic carbocycles. The molecule has 3 rings (SSSR count). The highest BCUT2D eigenvalue weighted by Crippen LogP contribution is 2.42. The Bertz CT molecular complexity index is 716. The van der Waals surface area contributed by atoms with Gasteiger partial charge in [-0.2, -0.15) is 0 Å². The SMILES string of the molecule is CC(=Cc1sc2cccc(Br)c2c1CC1CC1)[N+](=O)[O-]. The zero-order valence-corrected chi connectivity index (χ0v) is 13.5. The van der Waals surface area contributed by atoms with Crippen molar-refractivity contribution in [2.75, 3.05) is 0 Å². The van der Waals surface area contributed by atoms with E-state index in [0.29, 0.717) is 0 Å². The van der Waals surface area contributed by atoms with Crippen LogP contribution in [0.1, 0.15) is 30.2 Å². The molecule has 0 saturated heterocycles. The van der Waals surface area contributed by atoms with Gasteiger partial charge in [0.1, 0.15) is 0 Å². The molecule has 1 aromatic heterocycles. The molecule has 5 heteroatoms. The van der Waals surface area contributed by atoms with E-state index in [0.717, 1.165) is 21.7 Å². The minimum absolute atomic E-state index is 0.199. The molecule has 0 bridgehead atoms. The van der Waals surface area contributed by atoms with Crippen molar-refractivity contribution in [3.63, 3.8) is 0 Å². The van der Waals surface area contributed by atoms with E-state index in [1.807, 2.05) is 12.1 Å². The second kappa shape index (κ2) is 5.30. The van der Waals surface area contributed by atoms with E-state index < -0.39 is 0 Å². The Hall–Kier alpha value is -1.20. The van der Waals surface area contributed by atoms with Crippen LogP contribution in [0.3, 0.4) is 0 Å². The van der Waals surface area contributed by atoms with Crippen LogP contribution in [0.15, 0.2) is 28.4 Å². The zero-order chi connectivity index (χ0) is 14.3. The maximum Gasteiger partial charge on any atom is 0.244 e. The Morgan fingerprint density at radius 2 is 2.30 bits per heavy atom. The van der Waals surface area contributed by atoms with E-state index in [9.17, 15) is 10.1 Å². The van der Waals surface area contributed by atoms with Gasteiger partial charge in [-0.25, -0.2) is 0 Å². The Kier molecular flexibility index (Phi) is 3.65. The summed E-state index contributed by atoms with van der Waals surface area (Å²) in [6, 6.07) is 6.14. The molecule has 1 aromatic carbocycles. The van der Waals surface area contributed by atoms with Gasteiger partial charge in [-0.15, -0.1) is 11.3 Å². The van der Waals surface area contributed by atoms with E-state index in [1.54, 1.807) is 24.3 Å². The lowest BCUT2D eigenvalue weighted by Crippen LogP contribution is -1.94. The largest absolute Gasteiger partial charge is 0.259 e. The van der Waals surface area contributed by atoms with Crippen LogP contribution < -0.4 is 0 Å². The highest BCUT2D eigenvalue weighted by molar-refractivity contribution is 9.10. The predicted molar refractivity (Wildman–Crippen MR) is 86.6 cm³/mol. The molecule has 1 saturated carbocycles. The summed E-state index contributed by atoms with van der Waals surface area (Å²) in [6.45, 7) is 1.56. The summed E-state index contributed by atoms with van der Waals surface area (Å²) in [4.78, 5) is 11.6. The quantitative estimate of drug-likeness (QED) is 0.557. The van der Waals surface area contributed by atoms with Gasteiger partial charge in [0.25, 0.3) is 0 Å². The van der Waals surface area contributed by atoms with Gasteiger partial charge in [0, 0.05) is 32.4 Å². The van der Waals surface area contributed by atoms with Crippen molar-refractivity contribution in [2.45, 2.75) is 26.2 Å². The molecule has 0 spiro atoms. The summed E-state index contributed by atoms with van der Waals surface area (Å²) in [6.07, 6.45) is 5.30. The fourth-order valence-electron chi connectivity index (χ4n) is 2.36. The van der Waals surface area contributed by atoms with Crippen LogP contribution in [0.4, 0.5) is 0 Å². The lowest BCUT2D eigenvalue weighted by Gasteiger charge is -2.02. The smallest absolute Gasteiger partial charge is 0.244 e. The lowest BCUT2D eigenvalue weighted by atomic mass is 10.0. The number of rotatable bonds is 4.